The van der Waals surface area contributed by atoms with Crippen molar-refractivity contribution in [1.29, 1.82) is 0 Å². The fraction of sp³-hybridized carbons (Fsp3) is 1.00. The van der Waals surface area contributed by atoms with Gasteiger partial charge in [-0.2, -0.15) is 0 Å². The lowest BCUT2D eigenvalue weighted by Crippen LogP contribution is -2.55. The number of rotatable bonds is 4. The van der Waals surface area contributed by atoms with Crippen LogP contribution in [-0.4, -0.2) is 30.3 Å². The van der Waals surface area contributed by atoms with E-state index in [0.29, 0.717) is 23.0 Å². The molecular formula is C23H44O2Si2. The summed E-state index contributed by atoms with van der Waals surface area (Å²) in [5, 5.41) is 0. The first-order valence-electron chi connectivity index (χ1n) is 12.0. The molecule has 4 heteroatoms. The van der Waals surface area contributed by atoms with Crippen LogP contribution in [0.2, 0.25) is 26.2 Å². The fourth-order valence-electron chi connectivity index (χ4n) is 8.23. The molecule has 0 aromatic carbocycles. The van der Waals surface area contributed by atoms with E-state index in [1.54, 1.807) is 0 Å². The first kappa shape index (κ1) is 20.6. The molecule has 0 bridgehead atoms. The van der Waals surface area contributed by atoms with Gasteiger partial charge in [0.05, 0.1) is 6.10 Å². The Morgan fingerprint density at radius 2 is 1.37 bits per heavy atom. The fourth-order valence-corrected chi connectivity index (χ4v) is 10.4. The first-order chi connectivity index (χ1) is 12.7. The average molecular weight is 409 g/mol. The van der Waals surface area contributed by atoms with Crippen LogP contribution in [0.15, 0.2) is 0 Å². The number of fused-ring (bicyclic) bond motifs is 5. The monoisotopic (exact) mass is 408 g/mol. The van der Waals surface area contributed by atoms with Crippen LogP contribution < -0.4 is 0 Å². The van der Waals surface area contributed by atoms with Gasteiger partial charge in [-0.05, 0) is 118 Å². The van der Waals surface area contributed by atoms with E-state index in [-0.39, 0.29) is 0 Å². The third-order valence-corrected chi connectivity index (χ3v) is 11.2. The van der Waals surface area contributed by atoms with Crippen LogP contribution in [0.1, 0.15) is 71.6 Å². The highest BCUT2D eigenvalue weighted by Gasteiger charge is 2.60. The molecule has 2 nitrogen and oxygen atoms in total. The maximum absolute atomic E-state index is 6.57. The maximum atomic E-state index is 6.57. The zero-order chi connectivity index (χ0) is 19.4. The molecule has 4 saturated carbocycles. The molecule has 4 fully saturated rings. The van der Waals surface area contributed by atoms with Gasteiger partial charge >= 0.3 is 0 Å². The van der Waals surface area contributed by atoms with Gasteiger partial charge in [0.2, 0.25) is 0 Å². The van der Waals surface area contributed by atoms with E-state index in [1.165, 1.54) is 57.8 Å². The molecule has 4 aliphatic rings. The summed E-state index contributed by atoms with van der Waals surface area (Å²) in [7, 11) is -1.84. The third kappa shape index (κ3) is 3.55. The Labute approximate surface area is 171 Å². The summed E-state index contributed by atoms with van der Waals surface area (Å²) < 4.78 is 13.0. The van der Waals surface area contributed by atoms with Crippen molar-refractivity contribution in [1.82, 2.24) is 0 Å². The second-order valence-corrected chi connectivity index (χ2v) is 16.3. The Morgan fingerprint density at radius 1 is 0.704 bits per heavy atom. The summed E-state index contributed by atoms with van der Waals surface area (Å²) in [6.45, 7) is 14.7. The van der Waals surface area contributed by atoms with Gasteiger partial charge in [0, 0.05) is 6.10 Å². The van der Waals surface area contributed by atoms with E-state index < -0.39 is 18.1 Å². The molecule has 0 amide bonds. The van der Waals surface area contributed by atoms with Crippen LogP contribution in [0.4, 0.5) is 0 Å². The maximum Gasteiger partial charge on any atom is 0.171 e. The van der Waals surface area contributed by atoms with Gasteiger partial charge in [-0.25, -0.2) is 0 Å². The quantitative estimate of drug-likeness (QED) is 0.550. The van der Waals surface area contributed by atoms with Crippen molar-refractivity contribution in [2.75, 3.05) is 0 Å². The van der Waals surface area contributed by atoms with Crippen LogP contribution in [0.5, 0.6) is 0 Å². The van der Waals surface area contributed by atoms with Crippen LogP contribution in [0.3, 0.4) is 0 Å². The molecule has 0 aliphatic heterocycles. The van der Waals surface area contributed by atoms with Gasteiger partial charge in [0.25, 0.3) is 0 Å². The van der Waals surface area contributed by atoms with Crippen LogP contribution in [0.25, 0.3) is 0 Å². The van der Waals surface area contributed by atoms with E-state index in [1.807, 2.05) is 0 Å². The molecule has 0 radical (unpaired) electrons. The van der Waals surface area contributed by atoms with Crippen molar-refractivity contribution in [2.45, 2.75) is 110 Å². The molecule has 0 aromatic rings. The molecule has 4 rings (SSSR count). The zero-order valence-corrected chi connectivity index (χ0v) is 21.1. The SMILES string of the molecule is C[SiH](C)O[C@H]1CC[C@@]2(C)[C@@H](CC[C@@H]3[C@@H]2CC[C@]2(C)[C@@H](O[SiH](C)C)CC[C@@H]32)C1. The lowest BCUT2D eigenvalue weighted by atomic mass is 9.45. The predicted molar refractivity (Wildman–Crippen MR) is 119 cm³/mol. The molecule has 0 unspecified atom stereocenters. The predicted octanol–water partition coefficient (Wildman–Crippen LogP) is 5.77. The minimum atomic E-state index is -0.941. The molecule has 0 heterocycles. The highest BCUT2D eigenvalue weighted by atomic mass is 28.3. The molecule has 0 N–H and O–H groups in total. The largest absolute Gasteiger partial charge is 0.418 e. The summed E-state index contributed by atoms with van der Waals surface area (Å²) >= 11 is 0. The Kier molecular flexibility index (Phi) is 5.77. The van der Waals surface area contributed by atoms with E-state index in [2.05, 4.69) is 40.0 Å². The van der Waals surface area contributed by atoms with Gasteiger partial charge in [-0.3, -0.25) is 0 Å². The molecule has 8 atom stereocenters. The van der Waals surface area contributed by atoms with E-state index in [0.717, 1.165) is 23.7 Å². The molecule has 156 valence electrons. The molecule has 0 saturated heterocycles. The molecule has 27 heavy (non-hydrogen) atoms. The van der Waals surface area contributed by atoms with Gasteiger partial charge in [-0.1, -0.05) is 13.8 Å². The van der Waals surface area contributed by atoms with E-state index in [9.17, 15) is 0 Å². The summed E-state index contributed by atoms with van der Waals surface area (Å²) in [6.07, 6.45) is 13.9. The van der Waals surface area contributed by atoms with Crippen LogP contribution >= 0.6 is 0 Å². The smallest absolute Gasteiger partial charge is 0.171 e. The lowest BCUT2D eigenvalue weighted by molar-refractivity contribution is -0.129. The Bertz CT molecular complexity index is 538. The molecule has 0 spiro atoms. The van der Waals surface area contributed by atoms with Crippen molar-refractivity contribution in [3.8, 4) is 0 Å². The van der Waals surface area contributed by atoms with Crippen molar-refractivity contribution in [3.63, 3.8) is 0 Å². The van der Waals surface area contributed by atoms with Crippen molar-refractivity contribution in [3.05, 3.63) is 0 Å². The highest BCUT2D eigenvalue weighted by Crippen LogP contribution is 2.66. The standard InChI is InChI=1S/C23H44O2Si2/c1-22-13-11-17(24-26(3)4)15-16(22)7-8-18-19-9-10-21(25-27(5)6)23(19,2)14-12-20(18)22/h16-21,26-27H,7-15H2,1-6H3/t16-,17-,18-,19-,20-,21-,22-,23-/m0/s1. The lowest BCUT2D eigenvalue weighted by Gasteiger charge is -2.61. The molecule has 0 aromatic heterocycles. The Morgan fingerprint density at radius 3 is 2.07 bits per heavy atom. The van der Waals surface area contributed by atoms with Crippen LogP contribution in [0, 0.1) is 34.5 Å². The zero-order valence-electron chi connectivity index (χ0n) is 18.8. The van der Waals surface area contributed by atoms with Crippen LogP contribution in [-0.2, 0) is 8.85 Å². The van der Waals surface area contributed by atoms with Crippen molar-refractivity contribution >= 4 is 18.1 Å². The molecular weight excluding hydrogens is 364 g/mol. The molecule has 4 aliphatic carbocycles. The summed E-state index contributed by atoms with van der Waals surface area (Å²) in [6, 6.07) is 0. The topological polar surface area (TPSA) is 18.5 Å². The van der Waals surface area contributed by atoms with Gasteiger partial charge in [0.15, 0.2) is 18.1 Å². The van der Waals surface area contributed by atoms with E-state index >= 15 is 0 Å². The summed E-state index contributed by atoms with van der Waals surface area (Å²) in [5.74, 6) is 3.81. The number of hydrogen-bond donors (Lipinski definition) is 0. The van der Waals surface area contributed by atoms with Crippen molar-refractivity contribution in [2.24, 2.45) is 34.5 Å². The van der Waals surface area contributed by atoms with Crippen molar-refractivity contribution < 1.29 is 8.85 Å². The summed E-state index contributed by atoms with van der Waals surface area (Å²) in [4.78, 5) is 0. The third-order valence-electron chi connectivity index (χ3n) is 9.43. The Hall–Kier alpha value is 0.354. The second-order valence-electron chi connectivity index (χ2n) is 11.5. The van der Waals surface area contributed by atoms with E-state index in [4.69, 9.17) is 8.85 Å². The summed E-state index contributed by atoms with van der Waals surface area (Å²) in [5.41, 5.74) is 1.07. The minimum absolute atomic E-state index is 0.477. The van der Waals surface area contributed by atoms with Gasteiger partial charge in [-0.15, -0.1) is 0 Å². The normalized spacial score (nSPS) is 49.8. The van der Waals surface area contributed by atoms with Gasteiger partial charge in [0.1, 0.15) is 0 Å². The first-order valence-corrected chi connectivity index (χ1v) is 17.6. The Balaban J connectivity index is 1.49. The highest BCUT2D eigenvalue weighted by molar-refractivity contribution is 6.48. The average Bonchev–Trinajstić information content (AvgIpc) is 2.91. The van der Waals surface area contributed by atoms with Gasteiger partial charge < -0.3 is 8.85 Å². The minimum Gasteiger partial charge on any atom is -0.418 e. The second kappa shape index (κ2) is 7.55. The number of hydrogen-bond acceptors (Lipinski definition) is 2.